The van der Waals surface area contributed by atoms with E-state index in [1.165, 1.54) is 0 Å². The Balaban J connectivity index is 1.45. The van der Waals surface area contributed by atoms with Crippen LogP contribution in [-0.4, -0.2) is 59.7 Å². The van der Waals surface area contributed by atoms with Gasteiger partial charge in [0.05, 0.1) is 6.07 Å². The highest BCUT2D eigenvalue weighted by Gasteiger charge is 2.36. The Hall–Kier alpha value is -2.54. The van der Waals surface area contributed by atoms with E-state index in [9.17, 15) is 18.0 Å². The van der Waals surface area contributed by atoms with Crippen molar-refractivity contribution in [1.29, 1.82) is 5.26 Å². The lowest BCUT2D eigenvalue weighted by Crippen LogP contribution is -2.47. The van der Waals surface area contributed by atoms with Crippen LogP contribution in [0.5, 0.6) is 0 Å². The number of halogens is 3. The maximum absolute atomic E-state index is 13.4. The molecule has 1 saturated carbocycles. The molecule has 2 heterocycles. The van der Waals surface area contributed by atoms with Crippen molar-refractivity contribution in [3.8, 4) is 6.07 Å². The third-order valence-corrected chi connectivity index (χ3v) is 7.00. The SMILES string of the molecule is CC(C)(C)c1nc(N2CCN(CCC3CCC(C=NC(=O)CCC#N)CC3)CC2)cc(C(F)(F)F)n1. The maximum atomic E-state index is 13.4. The quantitative estimate of drug-likeness (QED) is 0.483. The van der Waals surface area contributed by atoms with E-state index in [-0.39, 0.29) is 24.6 Å². The van der Waals surface area contributed by atoms with Crippen molar-refractivity contribution in [2.24, 2.45) is 16.8 Å². The van der Waals surface area contributed by atoms with Crippen molar-refractivity contribution in [3.05, 3.63) is 17.6 Å². The second-order valence-corrected chi connectivity index (χ2v) is 10.9. The van der Waals surface area contributed by atoms with Crippen LogP contribution in [0.2, 0.25) is 0 Å². The number of carbonyl (C=O) groups excluding carboxylic acids is 1. The first-order valence-corrected chi connectivity index (χ1v) is 12.8. The summed E-state index contributed by atoms with van der Waals surface area (Å²) in [6, 6.07) is 3.03. The van der Waals surface area contributed by atoms with Gasteiger partial charge in [0.1, 0.15) is 17.3 Å². The minimum Gasteiger partial charge on any atom is -0.354 e. The summed E-state index contributed by atoms with van der Waals surface area (Å²) in [5, 5.41) is 8.54. The summed E-state index contributed by atoms with van der Waals surface area (Å²) in [5.74, 6) is 1.33. The highest BCUT2D eigenvalue weighted by atomic mass is 19.4. The lowest BCUT2D eigenvalue weighted by atomic mass is 9.81. The summed E-state index contributed by atoms with van der Waals surface area (Å²) in [7, 11) is 0. The van der Waals surface area contributed by atoms with Crippen LogP contribution in [0, 0.1) is 23.2 Å². The number of nitriles is 1. The fourth-order valence-corrected chi connectivity index (χ4v) is 4.68. The van der Waals surface area contributed by atoms with Crippen LogP contribution >= 0.6 is 0 Å². The molecule has 0 radical (unpaired) electrons. The molecule has 2 fully saturated rings. The molecule has 0 bridgehead atoms. The number of hydrogen-bond acceptors (Lipinski definition) is 6. The van der Waals surface area contributed by atoms with Crippen LogP contribution in [0.15, 0.2) is 11.1 Å². The Morgan fingerprint density at radius 2 is 1.81 bits per heavy atom. The molecule has 0 spiro atoms. The van der Waals surface area contributed by atoms with Crippen molar-refractivity contribution in [2.75, 3.05) is 37.6 Å². The lowest BCUT2D eigenvalue weighted by Gasteiger charge is -2.37. The van der Waals surface area contributed by atoms with Crippen molar-refractivity contribution in [2.45, 2.75) is 77.3 Å². The molecule has 3 rings (SSSR count). The summed E-state index contributed by atoms with van der Waals surface area (Å²) in [4.78, 5) is 28.2. The molecule has 10 heteroatoms. The zero-order valence-corrected chi connectivity index (χ0v) is 21.5. The van der Waals surface area contributed by atoms with Crippen molar-refractivity contribution in [3.63, 3.8) is 0 Å². The van der Waals surface area contributed by atoms with E-state index in [4.69, 9.17) is 5.26 Å². The van der Waals surface area contributed by atoms with E-state index >= 15 is 0 Å². The van der Waals surface area contributed by atoms with E-state index in [1.54, 1.807) is 6.21 Å². The Morgan fingerprint density at radius 1 is 1.14 bits per heavy atom. The van der Waals surface area contributed by atoms with Crippen LogP contribution in [-0.2, 0) is 16.4 Å². The average Bonchev–Trinajstić information content (AvgIpc) is 2.84. The largest absolute Gasteiger partial charge is 0.433 e. The molecule has 198 valence electrons. The van der Waals surface area contributed by atoms with E-state index in [0.29, 0.717) is 30.7 Å². The minimum absolute atomic E-state index is 0.189. The van der Waals surface area contributed by atoms with Gasteiger partial charge in [-0.05, 0) is 50.5 Å². The summed E-state index contributed by atoms with van der Waals surface area (Å²) in [6.45, 7) is 9.31. The third-order valence-electron chi connectivity index (χ3n) is 7.00. The molecule has 0 atom stereocenters. The first-order valence-electron chi connectivity index (χ1n) is 12.8. The second-order valence-electron chi connectivity index (χ2n) is 10.9. The van der Waals surface area contributed by atoms with Gasteiger partial charge in [0.2, 0.25) is 5.91 Å². The number of aliphatic imine (C=N–C) groups is 1. The number of rotatable bonds is 7. The monoisotopic (exact) mass is 506 g/mol. The van der Waals surface area contributed by atoms with Gasteiger partial charge in [0, 0.05) is 56.7 Å². The van der Waals surface area contributed by atoms with Gasteiger partial charge in [-0.15, -0.1) is 0 Å². The zero-order chi connectivity index (χ0) is 26.3. The second kappa shape index (κ2) is 12.1. The van der Waals surface area contributed by atoms with E-state index < -0.39 is 17.3 Å². The van der Waals surface area contributed by atoms with Crippen LogP contribution in [0.25, 0.3) is 0 Å². The molecule has 1 saturated heterocycles. The summed E-state index contributed by atoms with van der Waals surface area (Å²) in [6.07, 6.45) is 3.05. The Labute approximate surface area is 211 Å². The van der Waals surface area contributed by atoms with Crippen molar-refractivity contribution in [1.82, 2.24) is 14.9 Å². The van der Waals surface area contributed by atoms with E-state index in [1.807, 2.05) is 31.7 Å². The Morgan fingerprint density at radius 3 is 2.39 bits per heavy atom. The predicted octanol–water partition coefficient (Wildman–Crippen LogP) is 5.01. The normalized spacial score (nSPS) is 22.1. The Kier molecular flexibility index (Phi) is 9.45. The molecule has 0 N–H and O–H groups in total. The molecule has 0 aromatic carbocycles. The first-order chi connectivity index (χ1) is 17.0. The molecular weight excluding hydrogens is 469 g/mol. The topological polar surface area (TPSA) is 85.5 Å². The fraction of sp³-hybridized carbons (Fsp3) is 0.731. The van der Waals surface area contributed by atoms with Gasteiger partial charge in [0.25, 0.3) is 0 Å². The number of aromatic nitrogens is 2. The maximum Gasteiger partial charge on any atom is 0.433 e. The number of anilines is 1. The smallest absolute Gasteiger partial charge is 0.354 e. The first kappa shape index (κ1) is 28.0. The van der Waals surface area contributed by atoms with Crippen LogP contribution in [0.1, 0.15) is 77.2 Å². The third kappa shape index (κ3) is 8.26. The lowest BCUT2D eigenvalue weighted by molar-refractivity contribution is -0.141. The van der Waals surface area contributed by atoms with Crippen molar-refractivity contribution >= 4 is 17.9 Å². The minimum atomic E-state index is -4.50. The fourth-order valence-electron chi connectivity index (χ4n) is 4.68. The molecule has 1 aliphatic heterocycles. The van der Waals surface area contributed by atoms with Crippen LogP contribution in [0.3, 0.4) is 0 Å². The number of hydrogen-bond donors (Lipinski definition) is 0. The number of amides is 1. The van der Waals surface area contributed by atoms with Gasteiger partial charge in [-0.2, -0.15) is 18.4 Å². The number of carbonyl (C=O) groups is 1. The molecule has 1 aromatic heterocycles. The molecule has 2 aliphatic rings. The van der Waals surface area contributed by atoms with Crippen LogP contribution < -0.4 is 4.90 Å². The number of piperazine rings is 1. The highest BCUT2D eigenvalue weighted by Crippen LogP contribution is 2.33. The summed E-state index contributed by atoms with van der Waals surface area (Å²) in [5.41, 5.74) is -1.46. The molecule has 0 unspecified atom stereocenters. The zero-order valence-electron chi connectivity index (χ0n) is 21.5. The van der Waals surface area contributed by atoms with Gasteiger partial charge in [0.15, 0.2) is 0 Å². The Bertz CT molecular complexity index is 918. The molecule has 1 aliphatic carbocycles. The number of nitrogens with zero attached hydrogens (tertiary/aromatic N) is 6. The number of alkyl halides is 3. The molecule has 1 amide bonds. The highest BCUT2D eigenvalue weighted by molar-refractivity contribution is 5.85. The molecule has 7 nitrogen and oxygen atoms in total. The van der Waals surface area contributed by atoms with Crippen LogP contribution in [0.4, 0.5) is 19.0 Å². The molecule has 1 aromatic rings. The average molecular weight is 507 g/mol. The predicted molar refractivity (Wildman–Crippen MR) is 133 cm³/mol. The van der Waals surface area contributed by atoms with E-state index in [2.05, 4.69) is 19.9 Å². The molecule has 36 heavy (non-hydrogen) atoms. The summed E-state index contributed by atoms with van der Waals surface area (Å²) < 4.78 is 40.3. The van der Waals surface area contributed by atoms with Gasteiger partial charge < -0.3 is 4.90 Å². The summed E-state index contributed by atoms with van der Waals surface area (Å²) >= 11 is 0. The van der Waals surface area contributed by atoms with Crippen molar-refractivity contribution < 1.29 is 18.0 Å². The van der Waals surface area contributed by atoms with Gasteiger partial charge in [-0.25, -0.2) is 15.0 Å². The van der Waals surface area contributed by atoms with E-state index in [0.717, 1.165) is 57.8 Å². The van der Waals surface area contributed by atoms with Gasteiger partial charge in [-0.3, -0.25) is 9.69 Å². The standard InChI is InChI=1S/C26H37F3N6O/c1-25(2,3)24-32-21(26(27,28)29)17-22(33-24)35-15-13-34(14-16-35)12-10-19-6-8-20(9-7-19)18-31-23(36)5-4-11-30/h17-20H,4-10,12-16H2,1-3H3. The van der Waals surface area contributed by atoms with Gasteiger partial charge in [-0.1, -0.05) is 20.8 Å². The van der Waals surface area contributed by atoms with Gasteiger partial charge >= 0.3 is 6.18 Å². The molecular formula is C26H37F3N6O.